The summed E-state index contributed by atoms with van der Waals surface area (Å²) in [4.78, 5) is 0. The Hall–Kier alpha value is -0.130. The highest BCUT2D eigenvalue weighted by molar-refractivity contribution is 7.91. The monoisotopic (exact) mass is 319 g/mol. The molecule has 1 unspecified atom stereocenters. The molecular formula is C16H33NO3S. The van der Waals surface area contributed by atoms with E-state index in [0.29, 0.717) is 17.9 Å². The molecule has 0 saturated heterocycles. The maximum atomic E-state index is 11.6. The fourth-order valence-electron chi connectivity index (χ4n) is 3.12. The predicted molar refractivity (Wildman–Crippen MR) is 88.2 cm³/mol. The summed E-state index contributed by atoms with van der Waals surface area (Å²) in [7, 11) is -2.96. The predicted octanol–water partition coefficient (Wildman–Crippen LogP) is 2.37. The fraction of sp³-hybridized carbons (Fsp3) is 1.00. The minimum absolute atomic E-state index is 0.112. The van der Waals surface area contributed by atoms with Gasteiger partial charge in [-0.3, -0.25) is 0 Å². The summed E-state index contributed by atoms with van der Waals surface area (Å²) < 4.78 is 23.2. The van der Waals surface area contributed by atoms with Crippen molar-refractivity contribution in [2.45, 2.75) is 71.9 Å². The molecule has 0 bridgehead atoms. The van der Waals surface area contributed by atoms with Crippen LogP contribution in [-0.4, -0.2) is 43.2 Å². The second-order valence-electron chi connectivity index (χ2n) is 7.85. The van der Waals surface area contributed by atoms with Gasteiger partial charge in [0.25, 0.3) is 0 Å². The zero-order valence-electron chi connectivity index (χ0n) is 14.3. The molecule has 126 valence electrons. The van der Waals surface area contributed by atoms with Gasteiger partial charge in [-0.2, -0.15) is 0 Å². The lowest BCUT2D eigenvalue weighted by molar-refractivity contribution is -0.0248. The lowest BCUT2D eigenvalue weighted by Crippen LogP contribution is -2.48. The quantitative estimate of drug-likeness (QED) is 0.789. The fourth-order valence-corrected chi connectivity index (χ4v) is 4.24. The summed E-state index contributed by atoms with van der Waals surface area (Å²) in [6.45, 7) is 10.8. The number of hydrogen-bond acceptors (Lipinski definition) is 4. The highest BCUT2D eigenvalue weighted by Crippen LogP contribution is 2.41. The Kier molecular flexibility index (Phi) is 6.28. The molecule has 1 atom stereocenters. The average molecular weight is 320 g/mol. The van der Waals surface area contributed by atoms with Crippen molar-refractivity contribution >= 4 is 9.84 Å². The average Bonchev–Trinajstić information content (AvgIpc) is 2.35. The summed E-state index contributed by atoms with van der Waals surface area (Å²) in [5.74, 6) is 0.983. The van der Waals surface area contributed by atoms with E-state index in [0.717, 1.165) is 25.7 Å². The molecule has 0 heterocycles. The molecule has 0 aliphatic heterocycles. The van der Waals surface area contributed by atoms with Gasteiger partial charge in [0.05, 0.1) is 11.4 Å². The van der Waals surface area contributed by atoms with Gasteiger partial charge in [0.2, 0.25) is 0 Å². The third kappa shape index (κ3) is 6.25. The molecule has 0 radical (unpaired) electrons. The van der Waals surface area contributed by atoms with Crippen molar-refractivity contribution in [1.29, 1.82) is 0 Å². The summed E-state index contributed by atoms with van der Waals surface area (Å²) in [6, 6.07) is -0.112. The number of nitrogens with one attached hydrogen (secondary N) is 1. The summed E-state index contributed by atoms with van der Waals surface area (Å²) in [6.07, 6.45) is 3.69. The van der Waals surface area contributed by atoms with E-state index < -0.39 is 15.4 Å². The molecule has 0 aromatic heterocycles. The van der Waals surface area contributed by atoms with Crippen molar-refractivity contribution in [2.24, 2.45) is 11.3 Å². The Bertz CT molecular complexity index is 417. The number of sulfone groups is 1. The highest BCUT2D eigenvalue weighted by atomic mass is 32.2. The van der Waals surface area contributed by atoms with E-state index in [1.165, 1.54) is 0 Å². The molecule has 0 spiro atoms. The van der Waals surface area contributed by atoms with Crippen molar-refractivity contribution in [2.75, 3.05) is 18.1 Å². The second-order valence-corrected chi connectivity index (χ2v) is 10.2. The smallest absolute Gasteiger partial charge is 0.151 e. The van der Waals surface area contributed by atoms with Crippen molar-refractivity contribution in [3.05, 3.63) is 0 Å². The Morgan fingerprint density at radius 2 is 1.81 bits per heavy atom. The van der Waals surface area contributed by atoms with Crippen LogP contribution in [0.15, 0.2) is 0 Å². The van der Waals surface area contributed by atoms with Crippen LogP contribution < -0.4 is 5.32 Å². The van der Waals surface area contributed by atoms with E-state index in [-0.39, 0.29) is 17.5 Å². The Morgan fingerprint density at radius 3 is 2.24 bits per heavy atom. The molecule has 5 heteroatoms. The zero-order valence-corrected chi connectivity index (χ0v) is 15.1. The highest BCUT2D eigenvalue weighted by Gasteiger charge is 2.37. The first-order valence-electron chi connectivity index (χ1n) is 8.14. The first-order chi connectivity index (χ1) is 9.47. The van der Waals surface area contributed by atoms with Gasteiger partial charge in [-0.05, 0) is 43.9 Å². The van der Waals surface area contributed by atoms with E-state index in [1.807, 2.05) is 6.92 Å². The normalized spacial score (nSPS) is 29.3. The SMILES string of the molecule is CCS(=O)(=O)CC(C)NCC1(O)CCC(C(C)(C)C)CC1. The summed E-state index contributed by atoms with van der Waals surface area (Å²) in [5.41, 5.74) is -0.372. The van der Waals surface area contributed by atoms with Gasteiger partial charge < -0.3 is 10.4 Å². The molecule has 0 aromatic rings. The van der Waals surface area contributed by atoms with Gasteiger partial charge >= 0.3 is 0 Å². The van der Waals surface area contributed by atoms with E-state index in [9.17, 15) is 13.5 Å². The zero-order chi connectivity index (χ0) is 16.3. The Balaban J connectivity index is 2.42. The Morgan fingerprint density at radius 1 is 1.29 bits per heavy atom. The molecule has 0 amide bonds. The molecule has 1 saturated carbocycles. The second kappa shape index (κ2) is 6.97. The van der Waals surface area contributed by atoms with Crippen molar-refractivity contribution < 1.29 is 13.5 Å². The van der Waals surface area contributed by atoms with Crippen LogP contribution >= 0.6 is 0 Å². The van der Waals surface area contributed by atoms with Gasteiger partial charge in [0, 0.05) is 18.3 Å². The van der Waals surface area contributed by atoms with Gasteiger partial charge in [-0.25, -0.2) is 8.42 Å². The lowest BCUT2D eigenvalue weighted by atomic mass is 9.68. The molecule has 21 heavy (non-hydrogen) atoms. The lowest BCUT2D eigenvalue weighted by Gasteiger charge is -2.41. The summed E-state index contributed by atoms with van der Waals surface area (Å²) in [5, 5.41) is 13.9. The largest absolute Gasteiger partial charge is 0.389 e. The van der Waals surface area contributed by atoms with Gasteiger partial charge in [-0.15, -0.1) is 0 Å². The molecule has 1 rings (SSSR count). The number of hydrogen-bond donors (Lipinski definition) is 2. The van der Waals surface area contributed by atoms with Crippen LogP contribution in [0.3, 0.4) is 0 Å². The maximum Gasteiger partial charge on any atom is 0.151 e. The van der Waals surface area contributed by atoms with Crippen LogP contribution in [0.2, 0.25) is 0 Å². The van der Waals surface area contributed by atoms with Crippen LogP contribution in [0.4, 0.5) is 0 Å². The van der Waals surface area contributed by atoms with E-state index >= 15 is 0 Å². The molecule has 1 fully saturated rings. The van der Waals surface area contributed by atoms with Crippen molar-refractivity contribution in [1.82, 2.24) is 5.32 Å². The number of rotatable bonds is 6. The standard InChI is InChI=1S/C16H33NO3S/c1-6-21(19,20)11-13(2)17-12-16(18)9-7-14(8-10-16)15(3,4)5/h13-14,17-18H,6-12H2,1-5H3. The molecule has 0 aromatic carbocycles. The van der Waals surface area contributed by atoms with Crippen molar-refractivity contribution in [3.63, 3.8) is 0 Å². The van der Waals surface area contributed by atoms with Crippen LogP contribution in [0, 0.1) is 11.3 Å². The first kappa shape index (κ1) is 18.9. The molecule has 2 N–H and O–H groups in total. The van der Waals surface area contributed by atoms with Crippen LogP contribution in [0.25, 0.3) is 0 Å². The number of aliphatic hydroxyl groups is 1. The van der Waals surface area contributed by atoms with Gasteiger partial charge in [0.1, 0.15) is 0 Å². The van der Waals surface area contributed by atoms with Gasteiger partial charge in [-0.1, -0.05) is 27.7 Å². The summed E-state index contributed by atoms with van der Waals surface area (Å²) >= 11 is 0. The van der Waals surface area contributed by atoms with Crippen LogP contribution in [0.5, 0.6) is 0 Å². The van der Waals surface area contributed by atoms with E-state index in [1.54, 1.807) is 6.92 Å². The molecular weight excluding hydrogens is 286 g/mol. The minimum Gasteiger partial charge on any atom is -0.389 e. The minimum atomic E-state index is -2.96. The maximum absolute atomic E-state index is 11.6. The third-order valence-electron chi connectivity index (χ3n) is 4.86. The Labute approximate surface area is 130 Å². The van der Waals surface area contributed by atoms with E-state index in [4.69, 9.17) is 0 Å². The first-order valence-corrected chi connectivity index (χ1v) is 9.96. The molecule has 1 aliphatic carbocycles. The van der Waals surface area contributed by atoms with Crippen LogP contribution in [0.1, 0.15) is 60.3 Å². The topological polar surface area (TPSA) is 66.4 Å². The third-order valence-corrected chi connectivity index (χ3v) is 6.75. The van der Waals surface area contributed by atoms with Crippen LogP contribution in [-0.2, 0) is 9.84 Å². The van der Waals surface area contributed by atoms with E-state index in [2.05, 4.69) is 26.1 Å². The molecule has 4 nitrogen and oxygen atoms in total. The van der Waals surface area contributed by atoms with Gasteiger partial charge in [0.15, 0.2) is 9.84 Å². The van der Waals surface area contributed by atoms with Crippen molar-refractivity contribution in [3.8, 4) is 0 Å². The molecule has 1 aliphatic rings.